The average molecular weight is 399 g/mol. The molecule has 1 aromatic carbocycles. The van der Waals surface area contributed by atoms with Crippen LogP contribution in [0, 0.1) is 5.92 Å². The number of aromatic hydroxyl groups is 1. The second-order valence-corrected chi connectivity index (χ2v) is 9.42. The van der Waals surface area contributed by atoms with Gasteiger partial charge >= 0.3 is 0 Å². The molecule has 5 aliphatic rings. The van der Waals surface area contributed by atoms with Gasteiger partial charge in [0.1, 0.15) is 12.2 Å². The van der Waals surface area contributed by atoms with Crippen LogP contribution in [0.3, 0.4) is 0 Å². The number of hydrogen-bond acceptors (Lipinski definition) is 6. The molecule has 6 nitrogen and oxygen atoms in total. The highest BCUT2D eigenvalue weighted by Gasteiger charge is 2.64. The van der Waals surface area contributed by atoms with Crippen LogP contribution in [0.15, 0.2) is 18.2 Å². The number of aliphatic hydroxyl groups is 1. The molecule has 2 aliphatic carbocycles. The van der Waals surface area contributed by atoms with E-state index in [0.717, 1.165) is 58.7 Å². The molecule has 2 N–H and O–H groups in total. The van der Waals surface area contributed by atoms with Crippen molar-refractivity contribution < 1.29 is 19.7 Å². The minimum absolute atomic E-state index is 0.208. The van der Waals surface area contributed by atoms with E-state index in [1.165, 1.54) is 16.7 Å². The first-order valence-electron chi connectivity index (χ1n) is 11.0. The number of rotatable bonds is 3. The molecule has 3 heterocycles. The number of likely N-dealkylation sites (N-methyl/N-ethyl adjacent to an activating group) is 1. The predicted octanol–water partition coefficient (Wildman–Crippen LogP) is 1.07. The van der Waals surface area contributed by atoms with Gasteiger partial charge in [0.2, 0.25) is 0 Å². The van der Waals surface area contributed by atoms with E-state index >= 15 is 0 Å². The fourth-order valence-electron chi connectivity index (χ4n) is 6.72. The van der Waals surface area contributed by atoms with Gasteiger partial charge in [-0.3, -0.25) is 4.90 Å². The number of aliphatic hydroxyl groups excluding tert-OH is 1. The molecule has 3 aliphatic heterocycles. The molecule has 0 aromatic heterocycles. The number of likely N-dealkylation sites (tertiary alicyclic amines) is 1. The Hall–Kier alpha value is -1.60. The van der Waals surface area contributed by atoms with Crippen LogP contribution in [0.4, 0.5) is 0 Å². The van der Waals surface area contributed by atoms with Gasteiger partial charge in [-0.1, -0.05) is 12.2 Å². The standard InChI is InChI=1S/C23H30N2O4/c1-24-7-5-23-16-2-3-18(26)22(23)29-21-19(27)12-14(15(20(21)23)13-17(16)24)4-6-25-8-10-28-11-9-25/h2-3,12,16-18,22,26-27H,4-11,13H2,1H3/t16-,17+,18-,22-,23-/m0/s1. The molecule has 2 fully saturated rings. The summed E-state index contributed by atoms with van der Waals surface area (Å²) in [6, 6.07) is 2.35. The van der Waals surface area contributed by atoms with E-state index < -0.39 is 6.10 Å². The van der Waals surface area contributed by atoms with Gasteiger partial charge in [-0.05, 0) is 50.0 Å². The summed E-state index contributed by atoms with van der Waals surface area (Å²) in [5, 5.41) is 21.7. The van der Waals surface area contributed by atoms with Crippen molar-refractivity contribution in [1.29, 1.82) is 0 Å². The van der Waals surface area contributed by atoms with Gasteiger partial charge in [0.25, 0.3) is 0 Å². The molecule has 0 radical (unpaired) electrons. The van der Waals surface area contributed by atoms with Crippen molar-refractivity contribution >= 4 is 0 Å². The summed E-state index contributed by atoms with van der Waals surface area (Å²) < 4.78 is 11.8. The second kappa shape index (κ2) is 6.45. The topological polar surface area (TPSA) is 65.4 Å². The SMILES string of the molecule is CN1CC[C@]23c4c5c(CCN6CCOCC6)cc(O)c4O[C@H]2[C@@H](O)C=C[C@H]3[C@H]1C5. The average Bonchev–Trinajstić information content (AvgIpc) is 3.09. The number of hydrogen-bond donors (Lipinski definition) is 2. The monoisotopic (exact) mass is 398 g/mol. The molecule has 6 rings (SSSR count). The van der Waals surface area contributed by atoms with Crippen LogP contribution in [-0.4, -0.2) is 84.7 Å². The van der Waals surface area contributed by atoms with Crippen molar-refractivity contribution in [3.05, 3.63) is 34.9 Å². The summed E-state index contributed by atoms with van der Waals surface area (Å²) in [7, 11) is 2.22. The third-order valence-corrected chi connectivity index (χ3v) is 8.17. The van der Waals surface area contributed by atoms with Crippen LogP contribution < -0.4 is 4.74 Å². The summed E-state index contributed by atoms with van der Waals surface area (Å²) in [4.78, 5) is 4.93. The zero-order valence-corrected chi connectivity index (χ0v) is 17.0. The summed E-state index contributed by atoms with van der Waals surface area (Å²) in [5.41, 5.74) is 3.61. The predicted molar refractivity (Wildman–Crippen MR) is 109 cm³/mol. The van der Waals surface area contributed by atoms with Crippen molar-refractivity contribution in [1.82, 2.24) is 9.80 Å². The Kier molecular flexibility index (Phi) is 4.04. The lowest BCUT2D eigenvalue weighted by molar-refractivity contribution is -0.0454. The molecule has 1 aromatic rings. The van der Waals surface area contributed by atoms with Gasteiger partial charge in [-0.25, -0.2) is 0 Å². The maximum Gasteiger partial charge on any atom is 0.165 e. The maximum atomic E-state index is 10.9. The zero-order chi connectivity index (χ0) is 19.8. The van der Waals surface area contributed by atoms with Gasteiger partial charge in [0.15, 0.2) is 11.5 Å². The van der Waals surface area contributed by atoms with E-state index in [1.807, 2.05) is 12.1 Å². The highest BCUT2D eigenvalue weighted by atomic mass is 16.5. The first kappa shape index (κ1) is 18.2. The van der Waals surface area contributed by atoms with E-state index in [4.69, 9.17) is 9.47 Å². The Bertz CT molecular complexity index is 865. The van der Waals surface area contributed by atoms with Crippen LogP contribution in [0.25, 0.3) is 0 Å². The highest BCUT2D eigenvalue weighted by molar-refractivity contribution is 5.64. The normalized spacial score (nSPS) is 38.0. The van der Waals surface area contributed by atoms with Gasteiger partial charge < -0.3 is 24.6 Å². The molecule has 1 spiro atoms. The molecule has 0 amide bonds. The summed E-state index contributed by atoms with van der Waals surface area (Å²) >= 11 is 0. The van der Waals surface area contributed by atoms with Crippen LogP contribution in [0.2, 0.25) is 0 Å². The van der Waals surface area contributed by atoms with Gasteiger partial charge in [0.05, 0.1) is 13.2 Å². The molecular formula is C23H30N2O4. The van der Waals surface area contributed by atoms with E-state index in [2.05, 4.69) is 22.9 Å². The van der Waals surface area contributed by atoms with Crippen LogP contribution in [-0.2, 0) is 23.0 Å². The lowest BCUT2D eigenvalue weighted by Gasteiger charge is -2.56. The first-order chi connectivity index (χ1) is 14.1. The Balaban J connectivity index is 1.45. The molecule has 0 saturated carbocycles. The molecule has 5 atom stereocenters. The van der Waals surface area contributed by atoms with Crippen molar-refractivity contribution in [3.63, 3.8) is 0 Å². The third kappa shape index (κ3) is 2.43. The quantitative estimate of drug-likeness (QED) is 0.743. The summed E-state index contributed by atoms with van der Waals surface area (Å²) in [6.45, 7) is 5.55. The van der Waals surface area contributed by atoms with Crippen molar-refractivity contribution in [2.45, 2.75) is 42.9 Å². The largest absolute Gasteiger partial charge is 0.504 e. The van der Waals surface area contributed by atoms with Crippen LogP contribution in [0.5, 0.6) is 11.5 Å². The van der Waals surface area contributed by atoms with E-state index in [1.54, 1.807) is 0 Å². The highest BCUT2D eigenvalue weighted by Crippen LogP contribution is 2.62. The fourth-order valence-corrected chi connectivity index (χ4v) is 6.72. The molecule has 6 heteroatoms. The molecule has 2 bridgehead atoms. The first-order valence-corrected chi connectivity index (χ1v) is 11.0. The fraction of sp³-hybridized carbons (Fsp3) is 0.652. The second-order valence-electron chi connectivity index (χ2n) is 9.42. The number of phenolic OH excluding ortho intramolecular Hbond substituents is 1. The number of phenols is 1. The van der Waals surface area contributed by atoms with Gasteiger partial charge in [-0.2, -0.15) is 0 Å². The molecule has 2 saturated heterocycles. The Labute approximate surface area is 171 Å². The number of piperidine rings is 1. The minimum Gasteiger partial charge on any atom is -0.504 e. The Morgan fingerprint density at radius 3 is 2.86 bits per heavy atom. The number of benzene rings is 1. The number of morpholine rings is 1. The third-order valence-electron chi connectivity index (χ3n) is 8.17. The molecule has 29 heavy (non-hydrogen) atoms. The Morgan fingerprint density at radius 2 is 2.03 bits per heavy atom. The van der Waals surface area contributed by atoms with E-state index in [0.29, 0.717) is 17.7 Å². The van der Waals surface area contributed by atoms with Gasteiger partial charge in [0, 0.05) is 42.6 Å². The molecular weight excluding hydrogens is 368 g/mol. The van der Waals surface area contributed by atoms with E-state index in [-0.39, 0.29) is 17.3 Å². The van der Waals surface area contributed by atoms with Gasteiger partial charge in [-0.15, -0.1) is 0 Å². The zero-order valence-electron chi connectivity index (χ0n) is 17.0. The lowest BCUT2D eigenvalue weighted by Crippen LogP contribution is -2.64. The molecule has 156 valence electrons. The smallest absolute Gasteiger partial charge is 0.165 e. The van der Waals surface area contributed by atoms with Crippen molar-refractivity contribution in [2.24, 2.45) is 5.92 Å². The van der Waals surface area contributed by atoms with Crippen LogP contribution in [0.1, 0.15) is 23.1 Å². The number of nitrogens with zero attached hydrogens (tertiary/aromatic N) is 2. The summed E-state index contributed by atoms with van der Waals surface area (Å²) in [6.07, 6.45) is 6.10. The lowest BCUT2D eigenvalue weighted by atomic mass is 9.53. The van der Waals surface area contributed by atoms with Crippen molar-refractivity contribution in [3.8, 4) is 11.5 Å². The van der Waals surface area contributed by atoms with Crippen molar-refractivity contribution in [2.75, 3.05) is 46.4 Å². The minimum atomic E-state index is -0.621. The Morgan fingerprint density at radius 1 is 1.21 bits per heavy atom. The van der Waals surface area contributed by atoms with Crippen LogP contribution >= 0.6 is 0 Å². The summed E-state index contributed by atoms with van der Waals surface area (Å²) in [5.74, 6) is 1.21. The molecule has 0 unspecified atom stereocenters. The maximum absolute atomic E-state index is 10.9. The van der Waals surface area contributed by atoms with E-state index in [9.17, 15) is 10.2 Å². The number of ether oxygens (including phenoxy) is 2.